The largest absolute Gasteiger partial charge is 0.545 e. The summed E-state index contributed by atoms with van der Waals surface area (Å²) in [5.41, 5.74) is 1.47. The molecule has 1 aliphatic rings. The first kappa shape index (κ1) is 20.4. The molecular weight excluding hydrogens is 403 g/mol. The van der Waals surface area contributed by atoms with Gasteiger partial charge in [0, 0.05) is 16.8 Å². The van der Waals surface area contributed by atoms with Gasteiger partial charge in [-0.05, 0) is 37.6 Å². The summed E-state index contributed by atoms with van der Waals surface area (Å²) in [6.45, 7) is 3.39. The highest BCUT2D eigenvalue weighted by Crippen LogP contribution is 2.38. The van der Waals surface area contributed by atoms with Crippen LogP contribution in [0.15, 0.2) is 53.7 Å². The molecule has 1 unspecified atom stereocenters. The Labute approximate surface area is 177 Å². The number of aromatic nitrogens is 3. The molecule has 0 radical (unpaired) electrons. The summed E-state index contributed by atoms with van der Waals surface area (Å²) >= 11 is 0. The van der Waals surface area contributed by atoms with Gasteiger partial charge in [-0.3, -0.25) is 0 Å². The van der Waals surface area contributed by atoms with Crippen molar-refractivity contribution in [3.63, 3.8) is 0 Å². The lowest BCUT2D eigenvalue weighted by Gasteiger charge is -2.30. The summed E-state index contributed by atoms with van der Waals surface area (Å²) in [6.07, 6.45) is 0. The predicted octanol–water partition coefficient (Wildman–Crippen LogP) is 2.35. The third-order valence-electron chi connectivity index (χ3n) is 5.02. The molecule has 3 aromatic rings. The number of benzene rings is 2. The van der Waals surface area contributed by atoms with Crippen molar-refractivity contribution in [3.05, 3.63) is 76.5 Å². The number of aryl methyl sites for hydroxylation is 1. The second-order valence-corrected chi connectivity index (χ2v) is 7.07. The number of aliphatic carboxylic acids is 1. The highest BCUT2D eigenvalue weighted by molar-refractivity contribution is 5.89. The molecule has 0 saturated heterocycles. The SMILES string of the molecule is COc1cc(C2C(C(=O)[O-])=C(C)Nc3nc(C)nn32)ccc1OCc1ccccc1F. The van der Waals surface area contributed by atoms with Crippen LogP contribution in [0.2, 0.25) is 0 Å². The quantitative estimate of drug-likeness (QED) is 0.649. The molecule has 1 atom stereocenters. The molecular formula is C22H20FN4O4-. The zero-order valence-electron chi connectivity index (χ0n) is 17.2. The molecule has 160 valence electrons. The van der Waals surface area contributed by atoms with E-state index in [4.69, 9.17) is 9.47 Å². The number of fused-ring (bicyclic) bond motifs is 1. The number of rotatable bonds is 6. The summed E-state index contributed by atoms with van der Waals surface area (Å²) in [5.74, 6) is 0.0320. The van der Waals surface area contributed by atoms with Gasteiger partial charge in [0.2, 0.25) is 5.95 Å². The van der Waals surface area contributed by atoms with Crippen molar-refractivity contribution < 1.29 is 23.8 Å². The smallest absolute Gasteiger partial charge is 0.226 e. The number of hydrogen-bond donors (Lipinski definition) is 1. The summed E-state index contributed by atoms with van der Waals surface area (Å²) in [7, 11) is 1.48. The van der Waals surface area contributed by atoms with Crippen LogP contribution in [0.4, 0.5) is 10.3 Å². The Bertz CT molecular complexity index is 1190. The second kappa shape index (κ2) is 8.10. The van der Waals surface area contributed by atoms with Gasteiger partial charge < -0.3 is 24.7 Å². The minimum atomic E-state index is -1.31. The number of nitrogens with zero attached hydrogens (tertiary/aromatic N) is 3. The maximum atomic E-state index is 13.9. The Morgan fingerprint density at radius 2 is 2.00 bits per heavy atom. The molecule has 0 fully saturated rings. The molecule has 8 nitrogen and oxygen atoms in total. The molecule has 9 heteroatoms. The first-order valence-electron chi connectivity index (χ1n) is 9.55. The van der Waals surface area contributed by atoms with Crippen LogP contribution in [-0.4, -0.2) is 27.8 Å². The number of anilines is 1. The number of carboxylic acid groups (broad SMARTS) is 1. The maximum absolute atomic E-state index is 13.9. The van der Waals surface area contributed by atoms with Crippen LogP contribution in [0.1, 0.15) is 29.9 Å². The summed E-state index contributed by atoms with van der Waals surface area (Å²) < 4.78 is 26.6. The molecule has 2 aromatic carbocycles. The number of ether oxygens (including phenoxy) is 2. The Hall–Kier alpha value is -3.88. The fourth-order valence-corrected chi connectivity index (χ4v) is 3.57. The van der Waals surface area contributed by atoms with E-state index in [1.54, 1.807) is 50.2 Å². The van der Waals surface area contributed by atoms with Gasteiger partial charge in [-0.2, -0.15) is 10.1 Å². The predicted molar refractivity (Wildman–Crippen MR) is 108 cm³/mol. The first-order chi connectivity index (χ1) is 14.9. The van der Waals surface area contributed by atoms with Gasteiger partial charge in [-0.25, -0.2) is 9.07 Å². The molecule has 0 amide bonds. The van der Waals surface area contributed by atoms with Gasteiger partial charge >= 0.3 is 0 Å². The highest BCUT2D eigenvalue weighted by Gasteiger charge is 2.31. The van der Waals surface area contributed by atoms with Crippen LogP contribution in [0.5, 0.6) is 11.5 Å². The third-order valence-corrected chi connectivity index (χ3v) is 5.02. The van der Waals surface area contributed by atoms with Crippen LogP contribution >= 0.6 is 0 Å². The highest BCUT2D eigenvalue weighted by atomic mass is 19.1. The van der Waals surface area contributed by atoms with E-state index in [-0.39, 0.29) is 18.0 Å². The number of carboxylic acids is 1. The lowest BCUT2D eigenvalue weighted by atomic mass is 9.95. The number of carbonyl (C=O) groups excluding carboxylic acids is 1. The number of nitrogens with one attached hydrogen (secondary N) is 1. The summed E-state index contributed by atoms with van der Waals surface area (Å²) in [5, 5.41) is 19.2. The van der Waals surface area contributed by atoms with E-state index in [0.29, 0.717) is 40.1 Å². The van der Waals surface area contributed by atoms with Crippen LogP contribution in [-0.2, 0) is 11.4 Å². The van der Waals surface area contributed by atoms with Crippen molar-refractivity contribution in [2.45, 2.75) is 26.5 Å². The zero-order chi connectivity index (χ0) is 22.1. The van der Waals surface area contributed by atoms with Crippen molar-refractivity contribution in [2.75, 3.05) is 12.4 Å². The number of hydrogen-bond acceptors (Lipinski definition) is 7. The van der Waals surface area contributed by atoms with Crippen LogP contribution in [0.25, 0.3) is 0 Å². The molecule has 0 aliphatic carbocycles. The zero-order valence-corrected chi connectivity index (χ0v) is 17.2. The fraction of sp³-hybridized carbons (Fsp3) is 0.227. The normalized spacial score (nSPS) is 15.3. The maximum Gasteiger partial charge on any atom is 0.226 e. The number of carbonyl (C=O) groups is 1. The van der Waals surface area contributed by atoms with E-state index in [2.05, 4.69) is 15.4 Å². The van der Waals surface area contributed by atoms with Gasteiger partial charge in [0.25, 0.3) is 0 Å². The van der Waals surface area contributed by atoms with E-state index < -0.39 is 12.0 Å². The summed E-state index contributed by atoms with van der Waals surface area (Å²) in [4.78, 5) is 16.2. The Morgan fingerprint density at radius 1 is 1.23 bits per heavy atom. The van der Waals surface area contributed by atoms with E-state index >= 15 is 0 Å². The molecule has 2 heterocycles. The van der Waals surface area contributed by atoms with E-state index in [1.165, 1.54) is 17.9 Å². The van der Waals surface area contributed by atoms with Crippen LogP contribution < -0.4 is 19.9 Å². The topological polar surface area (TPSA) is 101 Å². The average molecular weight is 423 g/mol. The van der Waals surface area contributed by atoms with Gasteiger partial charge in [0.05, 0.1) is 13.1 Å². The Balaban J connectivity index is 1.71. The summed E-state index contributed by atoms with van der Waals surface area (Å²) in [6, 6.07) is 10.6. The Morgan fingerprint density at radius 3 is 2.71 bits per heavy atom. The molecule has 31 heavy (non-hydrogen) atoms. The van der Waals surface area contributed by atoms with Crippen molar-refractivity contribution in [3.8, 4) is 11.5 Å². The minimum absolute atomic E-state index is 0.0193. The van der Waals surface area contributed by atoms with Crippen molar-refractivity contribution in [1.82, 2.24) is 14.8 Å². The first-order valence-corrected chi connectivity index (χ1v) is 9.55. The number of halogens is 1. The van der Waals surface area contributed by atoms with Crippen molar-refractivity contribution in [1.29, 1.82) is 0 Å². The van der Waals surface area contributed by atoms with Gasteiger partial charge in [-0.1, -0.05) is 24.3 Å². The van der Waals surface area contributed by atoms with Gasteiger partial charge in [0.1, 0.15) is 24.3 Å². The Kier molecular flexibility index (Phi) is 5.33. The average Bonchev–Trinajstić information content (AvgIpc) is 3.11. The van der Waals surface area contributed by atoms with Crippen LogP contribution in [0, 0.1) is 12.7 Å². The third kappa shape index (κ3) is 3.81. The second-order valence-electron chi connectivity index (χ2n) is 7.07. The molecule has 0 saturated carbocycles. The van der Waals surface area contributed by atoms with E-state index in [0.717, 1.165) is 0 Å². The van der Waals surface area contributed by atoms with Crippen LogP contribution in [0.3, 0.4) is 0 Å². The van der Waals surface area contributed by atoms with E-state index in [9.17, 15) is 14.3 Å². The minimum Gasteiger partial charge on any atom is -0.545 e. The lowest BCUT2D eigenvalue weighted by Crippen LogP contribution is -2.35. The van der Waals surface area contributed by atoms with Crippen molar-refractivity contribution in [2.24, 2.45) is 0 Å². The van der Waals surface area contributed by atoms with E-state index in [1.807, 2.05) is 0 Å². The molecule has 0 bridgehead atoms. The number of allylic oxidation sites excluding steroid dienone is 1. The van der Waals surface area contributed by atoms with Crippen molar-refractivity contribution >= 4 is 11.9 Å². The van der Waals surface area contributed by atoms with Gasteiger partial charge in [-0.15, -0.1) is 0 Å². The fourth-order valence-electron chi connectivity index (χ4n) is 3.57. The standard InChI is InChI=1S/C22H21FN4O4/c1-12-19(21(28)29)20(27-22(24-12)25-13(2)26-27)14-8-9-17(18(10-14)30-3)31-11-15-6-4-5-7-16(15)23/h4-10,20H,11H2,1-3H3,(H,28,29)(H,24,25,26)/p-1. The number of methoxy groups -OCH3 is 1. The molecule has 4 rings (SSSR count). The molecule has 1 aromatic heterocycles. The monoisotopic (exact) mass is 423 g/mol. The molecule has 0 spiro atoms. The van der Waals surface area contributed by atoms with Gasteiger partial charge in [0.15, 0.2) is 11.5 Å². The molecule has 1 N–H and O–H groups in total. The lowest BCUT2D eigenvalue weighted by molar-refractivity contribution is -0.299. The molecule has 1 aliphatic heterocycles.